The molecule has 0 aliphatic carbocycles. The fraction of sp³-hybridized carbons (Fsp3) is 0.625. The van der Waals surface area contributed by atoms with Crippen molar-refractivity contribution in [2.45, 2.75) is 56.8 Å². The van der Waals surface area contributed by atoms with Crippen LogP contribution in [0.15, 0.2) is 28.7 Å². The second kappa shape index (κ2) is 5.55. The highest BCUT2D eigenvalue weighted by molar-refractivity contribution is 9.10. The molecule has 3 heteroatoms. The fourth-order valence-corrected chi connectivity index (χ4v) is 4.33. The van der Waals surface area contributed by atoms with Gasteiger partial charge in [-0.05, 0) is 51.3 Å². The molecule has 0 aromatic heterocycles. The third-order valence-electron chi connectivity index (χ3n) is 4.99. The molecule has 104 valence electrons. The lowest BCUT2D eigenvalue weighted by Crippen LogP contribution is -2.47. The highest BCUT2D eigenvalue weighted by Gasteiger charge is 2.36. The van der Waals surface area contributed by atoms with Crippen LogP contribution in [0.3, 0.4) is 0 Å². The van der Waals surface area contributed by atoms with Crippen LogP contribution in [0.1, 0.15) is 44.2 Å². The molecular formula is C16H23BrN2. The Kier molecular flexibility index (Phi) is 3.97. The Bertz CT molecular complexity index is 436. The third-order valence-corrected chi connectivity index (χ3v) is 5.71. The molecule has 0 saturated carbocycles. The zero-order valence-electron chi connectivity index (χ0n) is 11.8. The van der Waals surface area contributed by atoms with Crippen LogP contribution in [-0.2, 0) is 0 Å². The molecule has 0 spiro atoms. The summed E-state index contributed by atoms with van der Waals surface area (Å²) in [5.74, 6) is 0. The summed E-state index contributed by atoms with van der Waals surface area (Å²) in [4.78, 5) is 2.58. The number of benzene rings is 1. The first-order chi connectivity index (χ1) is 9.15. The molecule has 3 atom stereocenters. The van der Waals surface area contributed by atoms with Gasteiger partial charge >= 0.3 is 0 Å². The molecule has 2 nitrogen and oxygen atoms in total. The van der Waals surface area contributed by atoms with Crippen molar-refractivity contribution in [3.8, 4) is 0 Å². The largest absolute Gasteiger partial charge is 0.311 e. The van der Waals surface area contributed by atoms with Crippen LogP contribution in [0.25, 0.3) is 0 Å². The van der Waals surface area contributed by atoms with Gasteiger partial charge in [0.1, 0.15) is 0 Å². The molecule has 2 aliphatic rings. The summed E-state index contributed by atoms with van der Waals surface area (Å²) in [6, 6.07) is 11.3. The van der Waals surface area contributed by atoms with E-state index in [0.717, 1.165) is 18.1 Å². The molecule has 2 bridgehead atoms. The second-order valence-corrected chi connectivity index (χ2v) is 6.98. The average molecular weight is 323 g/mol. The van der Waals surface area contributed by atoms with E-state index in [9.17, 15) is 0 Å². The molecule has 0 radical (unpaired) electrons. The molecule has 3 rings (SSSR count). The van der Waals surface area contributed by atoms with E-state index in [1.54, 1.807) is 0 Å². The van der Waals surface area contributed by atoms with Crippen LogP contribution in [0.5, 0.6) is 0 Å². The maximum Gasteiger partial charge on any atom is 0.0330 e. The molecule has 1 aromatic rings. The first-order valence-electron chi connectivity index (χ1n) is 7.37. The van der Waals surface area contributed by atoms with Gasteiger partial charge < -0.3 is 5.32 Å². The van der Waals surface area contributed by atoms with Crippen molar-refractivity contribution in [1.29, 1.82) is 0 Å². The van der Waals surface area contributed by atoms with Crippen molar-refractivity contribution in [1.82, 2.24) is 10.2 Å². The highest BCUT2D eigenvalue weighted by Crippen LogP contribution is 2.34. The Morgan fingerprint density at radius 3 is 2.47 bits per heavy atom. The van der Waals surface area contributed by atoms with Crippen LogP contribution >= 0.6 is 15.9 Å². The molecule has 2 saturated heterocycles. The third kappa shape index (κ3) is 2.74. The van der Waals surface area contributed by atoms with E-state index in [2.05, 4.69) is 64.4 Å². The summed E-state index contributed by atoms with van der Waals surface area (Å²) >= 11 is 3.69. The van der Waals surface area contributed by atoms with Gasteiger partial charge in [-0.25, -0.2) is 0 Å². The second-order valence-electron chi connectivity index (χ2n) is 6.13. The number of halogens is 1. The standard InChI is InChI=1S/C16H23BrN2/c1-11(15-5-3-4-6-16(15)17)19(2)14-9-12-7-8-13(10-14)18-12/h3-6,11-14,18H,7-10H2,1-2H3. The van der Waals surface area contributed by atoms with Gasteiger partial charge in [-0.3, -0.25) is 4.90 Å². The summed E-state index contributed by atoms with van der Waals surface area (Å²) in [5.41, 5.74) is 1.40. The Hall–Kier alpha value is -0.380. The summed E-state index contributed by atoms with van der Waals surface area (Å²) in [5, 5.41) is 3.73. The fourth-order valence-electron chi connectivity index (χ4n) is 3.71. The lowest BCUT2D eigenvalue weighted by Gasteiger charge is -2.39. The van der Waals surface area contributed by atoms with Gasteiger partial charge in [0.15, 0.2) is 0 Å². The number of nitrogens with one attached hydrogen (secondary N) is 1. The molecule has 2 heterocycles. The average Bonchev–Trinajstić information content (AvgIpc) is 2.76. The van der Waals surface area contributed by atoms with Gasteiger partial charge in [-0.15, -0.1) is 0 Å². The molecule has 2 aliphatic heterocycles. The van der Waals surface area contributed by atoms with Crippen LogP contribution in [0, 0.1) is 0 Å². The molecule has 1 N–H and O–H groups in total. The van der Waals surface area contributed by atoms with Crippen LogP contribution in [0.2, 0.25) is 0 Å². The number of nitrogens with zero attached hydrogens (tertiary/aromatic N) is 1. The lowest BCUT2D eigenvalue weighted by atomic mass is 9.96. The monoisotopic (exact) mass is 322 g/mol. The van der Waals surface area contributed by atoms with E-state index in [4.69, 9.17) is 0 Å². The number of rotatable bonds is 3. The molecule has 1 aromatic carbocycles. The van der Waals surface area contributed by atoms with E-state index < -0.39 is 0 Å². The van der Waals surface area contributed by atoms with E-state index >= 15 is 0 Å². The van der Waals surface area contributed by atoms with E-state index in [1.165, 1.54) is 35.7 Å². The van der Waals surface area contributed by atoms with E-state index in [0.29, 0.717) is 6.04 Å². The first-order valence-corrected chi connectivity index (χ1v) is 8.17. The normalized spacial score (nSPS) is 31.7. The molecule has 2 fully saturated rings. The zero-order chi connectivity index (χ0) is 13.4. The van der Waals surface area contributed by atoms with Crippen molar-refractivity contribution < 1.29 is 0 Å². The maximum atomic E-state index is 3.73. The predicted octanol–water partition coefficient (Wildman–Crippen LogP) is 3.72. The lowest BCUT2D eigenvalue weighted by molar-refractivity contribution is 0.132. The number of hydrogen-bond donors (Lipinski definition) is 1. The Morgan fingerprint density at radius 2 is 1.84 bits per heavy atom. The van der Waals surface area contributed by atoms with E-state index in [1.807, 2.05) is 0 Å². The minimum Gasteiger partial charge on any atom is -0.311 e. The number of hydrogen-bond acceptors (Lipinski definition) is 2. The van der Waals surface area contributed by atoms with Crippen molar-refractivity contribution in [2.24, 2.45) is 0 Å². The van der Waals surface area contributed by atoms with E-state index in [-0.39, 0.29) is 0 Å². The summed E-state index contributed by atoms with van der Waals surface area (Å²) < 4.78 is 1.23. The van der Waals surface area contributed by atoms with Gasteiger partial charge in [-0.2, -0.15) is 0 Å². The van der Waals surface area contributed by atoms with Crippen LogP contribution in [-0.4, -0.2) is 30.1 Å². The summed E-state index contributed by atoms with van der Waals surface area (Å²) in [6.07, 6.45) is 5.36. The van der Waals surface area contributed by atoms with Crippen molar-refractivity contribution in [2.75, 3.05) is 7.05 Å². The number of piperidine rings is 1. The van der Waals surface area contributed by atoms with Crippen LogP contribution < -0.4 is 5.32 Å². The molecular weight excluding hydrogens is 300 g/mol. The number of fused-ring (bicyclic) bond motifs is 2. The van der Waals surface area contributed by atoms with Gasteiger partial charge in [0.05, 0.1) is 0 Å². The first kappa shape index (κ1) is 13.6. The molecule has 0 amide bonds. The van der Waals surface area contributed by atoms with Crippen molar-refractivity contribution >= 4 is 15.9 Å². The smallest absolute Gasteiger partial charge is 0.0330 e. The van der Waals surface area contributed by atoms with Gasteiger partial charge in [0.2, 0.25) is 0 Å². The zero-order valence-corrected chi connectivity index (χ0v) is 13.4. The maximum absolute atomic E-state index is 3.73. The highest BCUT2D eigenvalue weighted by atomic mass is 79.9. The van der Waals surface area contributed by atoms with Gasteiger partial charge in [0, 0.05) is 28.6 Å². The summed E-state index contributed by atoms with van der Waals surface area (Å²) in [7, 11) is 2.29. The Morgan fingerprint density at radius 1 is 1.21 bits per heavy atom. The predicted molar refractivity (Wildman–Crippen MR) is 83.3 cm³/mol. The Balaban J connectivity index is 1.73. The topological polar surface area (TPSA) is 15.3 Å². The minimum absolute atomic E-state index is 0.470. The minimum atomic E-state index is 0.470. The van der Waals surface area contributed by atoms with Gasteiger partial charge in [0.25, 0.3) is 0 Å². The SMILES string of the molecule is CC(c1ccccc1Br)N(C)C1CC2CCC(C1)N2. The van der Waals surface area contributed by atoms with Gasteiger partial charge in [-0.1, -0.05) is 34.1 Å². The quantitative estimate of drug-likeness (QED) is 0.912. The summed E-state index contributed by atoms with van der Waals surface area (Å²) in [6.45, 7) is 2.32. The molecule has 3 unspecified atom stereocenters. The molecule has 19 heavy (non-hydrogen) atoms. The van der Waals surface area contributed by atoms with Crippen LogP contribution in [0.4, 0.5) is 0 Å². The Labute approximate surface area is 124 Å². The van der Waals surface area contributed by atoms with Crippen molar-refractivity contribution in [3.63, 3.8) is 0 Å². The van der Waals surface area contributed by atoms with Crippen molar-refractivity contribution in [3.05, 3.63) is 34.3 Å².